The van der Waals surface area contributed by atoms with Crippen LogP contribution in [-0.4, -0.2) is 37.1 Å². The number of rotatable bonds is 0. The molecule has 12 heavy (non-hydrogen) atoms. The van der Waals surface area contributed by atoms with Gasteiger partial charge >= 0.3 is 6.03 Å². The van der Waals surface area contributed by atoms with Crippen molar-refractivity contribution in [3.05, 3.63) is 0 Å². The lowest BCUT2D eigenvalue weighted by molar-refractivity contribution is 0.205. The fourth-order valence-electron chi connectivity index (χ4n) is 1.47. The predicted octanol–water partition coefficient (Wildman–Crippen LogP) is -0.00510. The van der Waals surface area contributed by atoms with Crippen LogP contribution in [0.2, 0.25) is 0 Å². The first kappa shape index (κ1) is 9.32. The zero-order chi connectivity index (χ0) is 9.35. The van der Waals surface area contributed by atoms with E-state index in [4.69, 9.17) is 5.73 Å². The second kappa shape index (κ2) is 2.94. The average Bonchev–Trinajstić information content (AvgIpc) is 2.25. The van der Waals surface area contributed by atoms with Gasteiger partial charge in [-0.15, -0.1) is 0 Å². The first-order valence-electron chi connectivity index (χ1n) is 4.19. The molecule has 0 bridgehead atoms. The number of carbonyl (C=O) groups excluding carboxylic acids is 1. The van der Waals surface area contributed by atoms with Gasteiger partial charge in [-0.1, -0.05) is 13.8 Å². The number of carbonyl (C=O) groups is 1. The van der Waals surface area contributed by atoms with Crippen LogP contribution in [0.3, 0.4) is 0 Å². The van der Waals surface area contributed by atoms with Crippen LogP contribution in [-0.2, 0) is 0 Å². The molecule has 1 atom stereocenters. The molecular weight excluding hydrogens is 154 g/mol. The minimum Gasteiger partial charge on any atom is -0.341 e. The Labute approximate surface area is 73.1 Å². The second-order valence-corrected chi connectivity index (χ2v) is 4.03. The van der Waals surface area contributed by atoms with Crippen molar-refractivity contribution < 1.29 is 4.79 Å². The molecule has 1 rings (SSSR count). The SMILES string of the molecule is CNC(=O)N1CC(N)C(C)(C)C1. The zero-order valence-corrected chi connectivity index (χ0v) is 7.92. The molecule has 0 radical (unpaired) electrons. The van der Waals surface area contributed by atoms with Crippen molar-refractivity contribution >= 4 is 6.03 Å². The van der Waals surface area contributed by atoms with Crippen LogP contribution in [0, 0.1) is 5.41 Å². The van der Waals surface area contributed by atoms with Crippen molar-refractivity contribution in [3.8, 4) is 0 Å². The maximum atomic E-state index is 11.2. The van der Waals surface area contributed by atoms with Gasteiger partial charge in [-0.2, -0.15) is 0 Å². The summed E-state index contributed by atoms with van der Waals surface area (Å²) < 4.78 is 0. The Kier molecular flexibility index (Phi) is 2.28. The van der Waals surface area contributed by atoms with E-state index in [9.17, 15) is 4.79 Å². The number of urea groups is 1. The highest BCUT2D eigenvalue weighted by atomic mass is 16.2. The van der Waals surface area contributed by atoms with Crippen molar-refractivity contribution in [1.29, 1.82) is 0 Å². The summed E-state index contributed by atoms with van der Waals surface area (Å²) in [7, 11) is 1.64. The molecule has 0 aliphatic carbocycles. The summed E-state index contributed by atoms with van der Waals surface area (Å²) in [4.78, 5) is 13.0. The summed E-state index contributed by atoms with van der Waals surface area (Å²) in [5.74, 6) is 0. The summed E-state index contributed by atoms with van der Waals surface area (Å²) in [5.41, 5.74) is 5.92. The topological polar surface area (TPSA) is 58.4 Å². The lowest BCUT2D eigenvalue weighted by atomic mass is 9.89. The summed E-state index contributed by atoms with van der Waals surface area (Å²) in [6, 6.07) is 0.0609. The van der Waals surface area contributed by atoms with Gasteiger partial charge in [0.15, 0.2) is 0 Å². The minimum absolute atomic E-state index is 0.0315. The molecule has 1 fully saturated rings. The van der Waals surface area contributed by atoms with E-state index in [1.54, 1.807) is 11.9 Å². The third-order valence-corrected chi connectivity index (χ3v) is 2.52. The number of nitrogens with zero attached hydrogens (tertiary/aromatic N) is 1. The molecule has 0 aromatic rings. The molecule has 4 nitrogen and oxygen atoms in total. The van der Waals surface area contributed by atoms with Gasteiger partial charge in [0.2, 0.25) is 0 Å². The van der Waals surface area contributed by atoms with Gasteiger partial charge in [0.05, 0.1) is 0 Å². The Hall–Kier alpha value is -0.770. The van der Waals surface area contributed by atoms with E-state index in [-0.39, 0.29) is 17.5 Å². The molecule has 0 saturated carbocycles. The van der Waals surface area contributed by atoms with E-state index in [0.717, 1.165) is 6.54 Å². The standard InChI is InChI=1S/C8H17N3O/c1-8(2)5-11(4-6(8)9)7(12)10-3/h6H,4-5,9H2,1-3H3,(H,10,12). The van der Waals surface area contributed by atoms with E-state index in [1.165, 1.54) is 0 Å². The molecule has 0 aromatic heterocycles. The van der Waals surface area contributed by atoms with Crippen LogP contribution in [0.4, 0.5) is 4.79 Å². The molecular formula is C8H17N3O. The van der Waals surface area contributed by atoms with E-state index < -0.39 is 0 Å². The van der Waals surface area contributed by atoms with Crippen LogP contribution in [0.25, 0.3) is 0 Å². The van der Waals surface area contributed by atoms with Gasteiger partial charge in [0, 0.05) is 26.2 Å². The van der Waals surface area contributed by atoms with Gasteiger partial charge in [-0.3, -0.25) is 0 Å². The van der Waals surface area contributed by atoms with Gasteiger partial charge in [-0.25, -0.2) is 4.79 Å². The number of nitrogens with two attached hydrogens (primary N) is 1. The van der Waals surface area contributed by atoms with Gasteiger partial charge in [0.25, 0.3) is 0 Å². The fraction of sp³-hybridized carbons (Fsp3) is 0.875. The number of nitrogens with one attached hydrogen (secondary N) is 1. The number of hydrogen-bond donors (Lipinski definition) is 2. The van der Waals surface area contributed by atoms with Crippen LogP contribution >= 0.6 is 0 Å². The minimum atomic E-state index is -0.0315. The van der Waals surface area contributed by atoms with Gasteiger partial charge in [-0.05, 0) is 5.41 Å². The number of amides is 2. The summed E-state index contributed by atoms with van der Waals surface area (Å²) in [5, 5.41) is 2.60. The van der Waals surface area contributed by atoms with Crippen molar-refractivity contribution in [2.45, 2.75) is 19.9 Å². The molecule has 1 aliphatic heterocycles. The first-order valence-corrected chi connectivity index (χ1v) is 4.19. The fourth-order valence-corrected chi connectivity index (χ4v) is 1.47. The highest BCUT2D eigenvalue weighted by molar-refractivity contribution is 5.74. The Morgan fingerprint density at radius 3 is 2.58 bits per heavy atom. The van der Waals surface area contributed by atoms with Crippen molar-refractivity contribution in [2.24, 2.45) is 11.1 Å². The van der Waals surface area contributed by atoms with Crippen LogP contribution in [0.15, 0.2) is 0 Å². The van der Waals surface area contributed by atoms with E-state index in [1.807, 2.05) is 0 Å². The monoisotopic (exact) mass is 171 g/mol. The molecule has 1 aliphatic rings. The van der Waals surface area contributed by atoms with E-state index >= 15 is 0 Å². The largest absolute Gasteiger partial charge is 0.341 e. The third kappa shape index (κ3) is 1.53. The Morgan fingerprint density at radius 2 is 2.25 bits per heavy atom. The normalized spacial score (nSPS) is 27.3. The zero-order valence-electron chi connectivity index (χ0n) is 7.92. The molecule has 3 N–H and O–H groups in total. The first-order chi connectivity index (χ1) is 5.47. The van der Waals surface area contributed by atoms with E-state index in [2.05, 4.69) is 19.2 Å². The predicted molar refractivity (Wildman–Crippen MR) is 47.8 cm³/mol. The highest BCUT2D eigenvalue weighted by Crippen LogP contribution is 2.27. The Morgan fingerprint density at radius 1 is 1.67 bits per heavy atom. The van der Waals surface area contributed by atoms with Crippen LogP contribution in [0.5, 0.6) is 0 Å². The molecule has 1 saturated heterocycles. The Bertz CT molecular complexity index is 191. The van der Waals surface area contributed by atoms with Crippen LogP contribution < -0.4 is 11.1 Å². The maximum absolute atomic E-state index is 11.2. The van der Waals surface area contributed by atoms with Gasteiger partial charge in [0.1, 0.15) is 0 Å². The number of likely N-dealkylation sites (tertiary alicyclic amines) is 1. The summed E-state index contributed by atoms with van der Waals surface area (Å²) >= 11 is 0. The lowest BCUT2D eigenvalue weighted by Crippen LogP contribution is -2.37. The van der Waals surface area contributed by atoms with Crippen molar-refractivity contribution in [2.75, 3.05) is 20.1 Å². The van der Waals surface area contributed by atoms with E-state index in [0.29, 0.717) is 6.54 Å². The molecule has 2 amide bonds. The van der Waals surface area contributed by atoms with Gasteiger partial charge < -0.3 is 16.0 Å². The van der Waals surface area contributed by atoms with Crippen molar-refractivity contribution in [3.63, 3.8) is 0 Å². The maximum Gasteiger partial charge on any atom is 0.317 e. The molecule has 70 valence electrons. The molecule has 1 unspecified atom stereocenters. The molecule has 4 heteroatoms. The van der Waals surface area contributed by atoms with Crippen molar-refractivity contribution in [1.82, 2.24) is 10.2 Å². The number of hydrogen-bond acceptors (Lipinski definition) is 2. The quantitative estimate of drug-likeness (QED) is 0.539. The molecule has 0 aromatic carbocycles. The smallest absolute Gasteiger partial charge is 0.317 e. The summed E-state index contributed by atoms with van der Waals surface area (Å²) in [6.07, 6.45) is 0. The average molecular weight is 171 g/mol. The molecule has 1 heterocycles. The third-order valence-electron chi connectivity index (χ3n) is 2.52. The highest BCUT2D eigenvalue weighted by Gasteiger charge is 2.38. The summed E-state index contributed by atoms with van der Waals surface area (Å²) in [6.45, 7) is 5.57. The second-order valence-electron chi connectivity index (χ2n) is 4.03. The van der Waals surface area contributed by atoms with Crippen LogP contribution in [0.1, 0.15) is 13.8 Å². The molecule has 0 spiro atoms. The Balaban J connectivity index is 2.60. The lowest BCUT2D eigenvalue weighted by Gasteiger charge is -2.21.